The molecule has 3 aromatic rings. The average molecular weight is 445 g/mol. The molecule has 0 saturated heterocycles. The topological polar surface area (TPSA) is 84.5 Å². The molecule has 156 valence electrons. The lowest BCUT2D eigenvalue weighted by molar-refractivity contribution is 0.0940. The number of amides is 1. The molecule has 30 heavy (non-hydrogen) atoms. The first-order chi connectivity index (χ1) is 14.3. The molecule has 0 radical (unpaired) electrons. The van der Waals surface area contributed by atoms with Gasteiger partial charge in [-0.3, -0.25) is 9.52 Å². The van der Waals surface area contributed by atoms with Gasteiger partial charge in [0.25, 0.3) is 15.9 Å². The van der Waals surface area contributed by atoms with Gasteiger partial charge in [0.1, 0.15) is 5.75 Å². The van der Waals surface area contributed by atoms with Crippen LogP contribution in [-0.4, -0.2) is 21.4 Å². The summed E-state index contributed by atoms with van der Waals surface area (Å²) in [6, 6.07) is 19.3. The minimum atomic E-state index is -3.80. The third kappa shape index (κ3) is 5.31. The number of hydrogen-bond donors (Lipinski definition) is 2. The fourth-order valence-corrected chi connectivity index (χ4v) is 3.98. The summed E-state index contributed by atoms with van der Waals surface area (Å²) in [6.07, 6.45) is 0. The number of carbonyl (C=O) groups excluding carboxylic acids is 1. The fourth-order valence-electron chi connectivity index (χ4n) is 2.81. The molecule has 3 rings (SSSR count). The summed E-state index contributed by atoms with van der Waals surface area (Å²) in [7, 11) is -2.21. The zero-order valence-electron chi connectivity index (χ0n) is 16.4. The van der Waals surface area contributed by atoms with E-state index in [9.17, 15) is 13.2 Å². The second-order valence-electron chi connectivity index (χ2n) is 6.61. The first kappa shape index (κ1) is 21.7. The maximum atomic E-state index is 12.6. The van der Waals surface area contributed by atoms with Crippen molar-refractivity contribution in [2.75, 3.05) is 11.8 Å². The Morgan fingerprint density at radius 3 is 2.30 bits per heavy atom. The number of rotatable bonds is 7. The van der Waals surface area contributed by atoms with Gasteiger partial charge in [-0.1, -0.05) is 29.8 Å². The second-order valence-corrected chi connectivity index (χ2v) is 8.73. The SMILES string of the molecule is COc1ccc([C@H](C)NC(=O)c2cccc(NS(=O)(=O)c3ccc(Cl)cc3)c2)cc1. The Hall–Kier alpha value is -3.03. The Morgan fingerprint density at radius 1 is 1.00 bits per heavy atom. The predicted octanol–water partition coefficient (Wildman–Crippen LogP) is 4.64. The lowest BCUT2D eigenvalue weighted by atomic mass is 10.1. The van der Waals surface area contributed by atoms with Gasteiger partial charge in [-0.25, -0.2) is 8.42 Å². The molecule has 8 heteroatoms. The van der Waals surface area contributed by atoms with Crippen LogP contribution in [0.3, 0.4) is 0 Å². The Labute approximate surface area is 180 Å². The Morgan fingerprint density at radius 2 is 1.67 bits per heavy atom. The van der Waals surface area contributed by atoms with Crippen LogP contribution in [0.5, 0.6) is 5.75 Å². The highest BCUT2D eigenvalue weighted by atomic mass is 35.5. The largest absolute Gasteiger partial charge is 0.497 e. The number of nitrogens with one attached hydrogen (secondary N) is 2. The lowest BCUT2D eigenvalue weighted by Gasteiger charge is -2.15. The van der Waals surface area contributed by atoms with Crippen molar-refractivity contribution in [3.63, 3.8) is 0 Å². The van der Waals surface area contributed by atoms with Crippen LogP contribution >= 0.6 is 11.6 Å². The lowest BCUT2D eigenvalue weighted by Crippen LogP contribution is -2.26. The number of benzene rings is 3. The Kier molecular flexibility index (Phi) is 6.64. The Balaban J connectivity index is 1.72. The molecule has 1 amide bonds. The highest BCUT2D eigenvalue weighted by Crippen LogP contribution is 2.21. The maximum Gasteiger partial charge on any atom is 0.261 e. The van der Waals surface area contributed by atoms with E-state index in [2.05, 4.69) is 10.0 Å². The maximum absolute atomic E-state index is 12.6. The summed E-state index contributed by atoms with van der Waals surface area (Å²) in [5.41, 5.74) is 1.55. The minimum Gasteiger partial charge on any atom is -0.497 e. The van der Waals surface area contributed by atoms with E-state index in [1.54, 1.807) is 25.3 Å². The monoisotopic (exact) mass is 444 g/mol. The van der Waals surface area contributed by atoms with E-state index < -0.39 is 10.0 Å². The summed E-state index contributed by atoms with van der Waals surface area (Å²) in [4.78, 5) is 12.7. The number of hydrogen-bond acceptors (Lipinski definition) is 4. The highest BCUT2D eigenvalue weighted by molar-refractivity contribution is 7.92. The van der Waals surface area contributed by atoms with Crippen molar-refractivity contribution in [1.82, 2.24) is 5.32 Å². The van der Waals surface area contributed by atoms with Crippen LogP contribution in [0, 0.1) is 0 Å². The fraction of sp³-hybridized carbons (Fsp3) is 0.136. The minimum absolute atomic E-state index is 0.0786. The highest BCUT2D eigenvalue weighted by Gasteiger charge is 2.16. The molecular weight excluding hydrogens is 424 g/mol. The van der Waals surface area contributed by atoms with E-state index in [1.807, 2.05) is 31.2 Å². The summed E-state index contributed by atoms with van der Waals surface area (Å²) in [6.45, 7) is 1.87. The molecule has 0 aliphatic rings. The van der Waals surface area contributed by atoms with Crippen LogP contribution in [0.4, 0.5) is 5.69 Å². The molecule has 0 fully saturated rings. The normalized spacial score (nSPS) is 12.1. The standard InChI is InChI=1S/C22H21ClN2O4S/c1-15(16-6-10-20(29-2)11-7-16)24-22(26)17-4-3-5-19(14-17)25-30(27,28)21-12-8-18(23)9-13-21/h3-15,25H,1-2H3,(H,24,26)/t15-/m0/s1. The summed E-state index contributed by atoms with van der Waals surface area (Å²) >= 11 is 5.81. The van der Waals surface area contributed by atoms with E-state index >= 15 is 0 Å². The van der Waals surface area contributed by atoms with E-state index in [0.717, 1.165) is 11.3 Å². The quantitative estimate of drug-likeness (QED) is 0.556. The number of methoxy groups -OCH3 is 1. The van der Waals surface area contributed by atoms with E-state index in [1.165, 1.54) is 30.3 Å². The van der Waals surface area contributed by atoms with E-state index in [-0.39, 0.29) is 22.5 Å². The van der Waals surface area contributed by atoms with Crippen molar-refractivity contribution >= 4 is 33.2 Å². The van der Waals surface area contributed by atoms with Crippen LogP contribution in [-0.2, 0) is 10.0 Å². The molecule has 2 N–H and O–H groups in total. The molecule has 0 aliphatic carbocycles. The third-order valence-corrected chi connectivity index (χ3v) is 6.11. The van der Waals surface area contributed by atoms with Gasteiger partial charge in [0.15, 0.2) is 0 Å². The third-order valence-electron chi connectivity index (χ3n) is 4.46. The number of anilines is 1. The van der Waals surface area contributed by atoms with Gasteiger partial charge >= 0.3 is 0 Å². The predicted molar refractivity (Wildman–Crippen MR) is 118 cm³/mol. The smallest absolute Gasteiger partial charge is 0.261 e. The van der Waals surface area contributed by atoms with Gasteiger partial charge in [-0.05, 0) is 67.1 Å². The van der Waals surface area contributed by atoms with Gasteiger partial charge < -0.3 is 10.1 Å². The average Bonchev–Trinajstić information content (AvgIpc) is 2.74. The number of sulfonamides is 1. The first-order valence-corrected chi connectivity index (χ1v) is 11.0. The van der Waals surface area contributed by atoms with E-state index in [0.29, 0.717) is 10.6 Å². The molecule has 1 atom stereocenters. The van der Waals surface area contributed by atoms with Crippen molar-refractivity contribution in [1.29, 1.82) is 0 Å². The number of carbonyl (C=O) groups is 1. The molecule has 0 spiro atoms. The van der Waals surface area contributed by atoms with Crippen molar-refractivity contribution in [2.24, 2.45) is 0 Å². The van der Waals surface area contributed by atoms with Crippen LogP contribution in [0.25, 0.3) is 0 Å². The molecule has 0 saturated carbocycles. The summed E-state index contributed by atoms with van der Waals surface area (Å²) in [5.74, 6) is 0.420. The van der Waals surface area contributed by atoms with Crippen molar-refractivity contribution in [2.45, 2.75) is 17.9 Å². The van der Waals surface area contributed by atoms with Crippen molar-refractivity contribution in [3.8, 4) is 5.75 Å². The van der Waals surface area contributed by atoms with Gasteiger partial charge in [0.2, 0.25) is 0 Å². The van der Waals surface area contributed by atoms with Crippen LogP contribution < -0.4 is 14.8 Å². The molecule has 0 aromatic heterocycles. The summed E-state index contributed by atoms with van der Waals surface area (Å²) < 4.78 is 32.7. The van der Waals surface area contributed by atoms with Crippen molar-refractivity contribution < 1.29 is 17.9 Å². The zero-order valence-corrected chi connectivity index (χ0v) is 18.0. The molecular formula is C22H21ClN2O4S. The number of halogens is 1. The van der Waals surface area contributed by atoms with Crippen LogP contribution in [0.1, 0.15) is 28.9 Å². The number of ether oxygens (including phenoxy) is 1. The molecule has 0 heterocycles. The Bertz CT molecular complexity index is 1130. The van der Waals surface area contributed by atoms with Crippen LogP contribution in [0.15, 0.2) is 77.7 Å². The molecule has 6 nitrogen and oxygen atoms in total. The van der Waals surface area contributed by atoms with Gasteiger partial charge in [0, 0.05) is 16.3 Å². The first-order valence-electron chi connectivity index (χ1n) is 9.12. The molecule has 0 unspecified atom stereocenters. The zero-order chi connectivity index (χ0) is 21.7. The molecule has 0 aliphatic heterocycles. The van der Waals surface area contributed by atoms with E-state index in [4.69, 9.17) is 16.3 Å². The van der Waals surface area contributed by atoms with Gasteiger partial charge in [-0.2, -0.15) is 0 Å². The van der Waals surface area contributed by atoms with Crippen molar-refractivity contribution in [3.05, 3.63) is 88.9 Å². The molecule has 0 bridgehead atoms. The van der Waals surface area contributed by atoms with Gasteiger partial charge in [-0.15, -0.1) is 0 Å². The second kappa shape index (κ2) is 9.19. The van der Waals surface area contributed by atoms with Crippen LogP contribution in [0.2, 0.25) is 5.02 Å². The summed E-state index contributed by atoms with van der Waals surface area (Å²) in [5, 5.41) is 3.35. The molecule has 3 aromatic carbocycles. The van der Waals surface area contributed by atoms with Gasteiger partial charge in [0.05, 0.1) is 18.0 Å².